The van der Waals surface area contributed by atoms with Gasteiger partial charge in [-0.25, -0.2) is 0 Å². The number of nitrogens with one attached hydrogen (secondary N) is 1. The van der Waals surface area contributed by atoms with Crippen molar-refractivity contribution in [1.29, 1.82) is 0 Å². The number of alkyl halides is 3. The molecule has 0 saturated heterocycles. The normalized spacial score (nSPS) is 12.3. The Balaban J connectivity index is 1.59. The molecule has 0 fully saturated rings. The summed E-state index contributed by atoms with van der Waals surface area (Å²) in [6.07, 6.45) is 0.103. The summed E-state index contributed by atoms with van der Waals surface area (Å²) in [6.45, 7) is 2.60. The standard InChI is InChI=1S/C28H30BrF3N2O2/c1-2-3-4-7-19-10-12-20(13-11-19)18-34-27(35)22-15-14-21(24(29)16-22)17-25(33)23-8-5-6-9-26(23)36-28(30,31)32/h5-6,8-16,25H,2-4,7,17-18,33H2,1H3,(H,34,35). The number of benzene rings is 3. The second-order valence-electron chi connectivity index (χ2n) is 8.66. The van der Waals surface area contributed by atoms with Gasteiger partial charge >= 0.3 is 6.36 Å². The Hall–Kier alpha value is -2.84. The first-order valence-corrected chi connectivity index (χ1v) is 12.7. The molecule has 1 amide bonds. The fourth-order valence-corrected chi connectivity index (χ4v) is 4.43. The highest BCUT2D eigenvalue weighted by Crippen LogP contribution is 2.32. The van der Waals surface area contributed by atoms with Crippen LogP contribution in [0.5, 0.6) is 5.75 Å². The van der Waals surface area contributed by atoms with Gasteiger partial charge in [0.25, 0.3) is 5.91 Å². The molecule has 1 unspecified atom stereocenters. The van der Waals surface area contributed by atoms with E-state index in [-0.39, 0.29) is 23.6 Å². The van der Waals surface area contributed by atoms with E-state index in [1.807, 2.05) is 12.1 Å². The summed E-state index contributed by atoms with van der Waals surface area (Å²) in [5.41, 5.74) is 10.0. The molecule has 0 spiro atoms. The van der Waals surface area contributed by atoms with Crippen LogP contribution in [0.1, 0.15) is 64.8 Å². The summed E-state index contributed by atoms with van der Waals surface area (Å²) < 4.78 is 43.0. The van der Waals surface area contributed by atoms with Crippen molar-refractivity contribution in [2.45, 2.75) is 58.0 Å². The maximum atomic E-state index is 12.7. The Kier molecular flexibility index (Phi) is 9.96. The monoisotopic (exact) mass is 562 g/mol. The fraction of sp³-hybridized carbons (Fsp3) is 0.321. The molecule has 0 aliphatic carbocycles. The average molecular weight is 563 g/mol. The molecule has 4 nitrogen and oxygen atoms in total. The molecule has 0 radical (unpaired) electrons. The molecule has 0 heterocycles. The van der Waals surface area contributed by atoms with Crippen molar-refractivity contribution in [1.82, 2.24) is 5.32 Å². The Morgan fingerprint density at radius 3 is 2.39 bits per heavy atom. The summed E-state index contributed by atoms with van der Waals surface area (Å²) in [6, 6.07) is 18.5. The molecule has 0 saturated carbocycles. The number of carbonyl (C=O) groups excluding carboxylic acids is 1. The number of unbranched alkanes of at least 4 members (excludes halogenated alkanes) is 2. The first-order chi connectivity index (χ1) is 17.2. The molecule has 8 heteroatoms. The van der Waals surface area contributed by atoms with Crippen LogP contribution in [0.3, 0.4) is 0 Å². The van der Waals surface area contributed by atoms with Crippen LogP contribution >= 0.6 is 15.9 Å². The number of hydrogen-bond acceptors (Lipinski definition) is 3. The van der Waals surface area contributed by atoms with Crippen LogP contribution < -0.4 is 15.8 Å². The van der Waals surface area contributed by atoms with Crippen LogP contribution in [0.4, 0.5) is 13.2 Å². The number of halogens is 4. The molecule has 36 heavy (non-hydrogen) atoms. The molecule has 192 valence electrons. The number of aryl methyl sites for hydroxylation is 1. The predicted molar refractivity (Wildman–Crippen MR) is 139 cm³/mol. The van der Waals surface area contributed by atoms with Crippen LogP contribution in [0, 0.1) is 0 Å². The fourth-order valence-electron chi connectivity index (χ4n) is 3.89. The highest BCUT2D eigenvalue weighted by Gasteiger charge is 2.32. The van der Waals surface area contributed by atoms with Gasteiger partial charge < -0.3 is 15.8 Å². The van der Waals surface area contributed by atoms with Crippen molar-refractivity contribution in [3.8, 4) is 5.75 Å². The van der Waals surface area contributed by atoms with Gasteiger partial charge in [-0.05, 0) is 54.2 Å². The Morgan fingerprint density at radius 2 is 1.72 bits per heavy atom. The minimum absolute atomic E-state index is 0.220. The summed E-state index contributed by atoms with van der Waals surface area (Å²) in [7, 11) is 0. The SMILES string of the molecule is CCCCCc1ccc(CNC(=O)c2ccc(CC(N)c3ccccc3OC(F)(F)F)c(Br)c2)cc1. The van der Waals surface area contributed by atoms with E-state index in [1.165, 1.54) is 43.0 Å². The van der Waals surface area contributed by atoms with Crippen molar-refractivity contribution in [3.63, 3.8) is 0 Å². The highest BCUT2D eigenvalue weighted by molar-refractivity contribution is 9.10. The molecule has 0 aliphatic heterocycles. The van der Waals surface area contributed by atoms with E-state index in [2.05, 4.69) is 45.0 Å². The van der Waals surface area contributed by atoms with Gasteiger partial charge in [-0.2, -0.15) is 0 Å². The third-order valence-corrected chi connectivity index (χ3v) is 6.58. The lowest BCUT2D eigenvalue weighted by atomic mass is 9.98. The van der Waals surface area contributed by atoms with Crippen LogP contribution in [0.15, 0.2) is 71.2 Å². The largest absolute Gasteiger partial charge is 0.573 e. The van der Waals surface area contributed by atoms with Gasteiger partial charge in [0, 0.05) is 28.2 Å². The number of para-hydroxylation sites is 1. The predicted octanol–water partition coefficient (Wildman–Crippen LogP) is 7.25. The number of ether oxygens (including phenoxy) is 1. The average Bonchev–Trinajstić information content (AvgIpc) is 2.84. The number of hydrogen-bond donors (Lipinski definition) is 2. The van der Waals surface area contributed by atoms with Crippen LogP contribution in [-0.4, -0.2) is 12.3 Å². The topological polar surface area (TPSA) is 64.4 Å². The zero-order valence-electron chi connectivity index (χ0n) is 20.1. The molecule has 3 aromatic carbocycles. The second-order valence-corrected chi connectivity index (χ2v) is 9.51. The smallest absolute Gasteiger partial charge is 0.405 e. The van der Waals surface area contributed by atoms with Crippen LogP contribution in [0.25, 0.3) is 0 Å². The Labute approximate surface area is 218 Å². The first kappa shape index (κ1) is 27.7. The first-order valence-electron chi connectivity index (χ1n) is 11.9. The van der Waals surface area contributed by atoms with Gasteiger partial charge in [-0.1, -0.05) is 84.2 Å². The molecule has 3 aromatic rings. The van der Waals surface area contributed by atoms with Gasteiger partial charge in [0.15, 0.2) is 0 Å². The van der Waals surface area contributed by atoms with E-state index in [9.17, 15) is 18.0 Å². The van der Waals surface area contributed by atoms with Gasteiger partial charge in [0.2, 0.25) is 0 Å². The molecule has 3 rings (SSSR count). The van der Waals surface area contributed by atoms with Crippen molar-refractivity contribution in [2.24, 2.45) is 5.73 Å². The lowest BCUT2D eigenvalue weighted by molar-refractivity contribution is -0.275. The summed E-state index contributed by atoms with van der Waals surface area (Å²) in [5.74, 6) is -0.541. The van der Waals surface area contributed by atoms with Gasteiger partial charge in [-0.15, -0.1) is 13.2 Å². The lowest BCUT2D eigenvalue weighted by Crippen LogP contribution is -2.23. The lowest BCUT2D eigenvalue weighted by Gasteiger charge is -2.18. The Bertz CT molecular complexity index is 1150. The van der Waals surface area contributed by atoms with Crippen LogP contribution in [-0.2, 0) is 19.4 Å². The highest BCUT2D eigenvalue weighted by atomic mass is 79.9. The molecular weight excluding hydrogens is 533 g/mol. The molecule has 0 aliphatic rings. The van der Waals surface area contributed by atoms with Crippen molar-refractivity contribution in [2.75, 3.05) is 0 Å². The third-order valence-electron chi connectivity index (χ3n) is 5.84. The van der Waals surface area contributed by atoms with E-state index in [4.69, 9.17) is 5.73 Å². The summed E-state index contributed by atoms with van der Waals surface area (Å²) >= 11 is 3.47. The minimum atomic E-state index is -4.80. The van der Waals surface area contributed by atoms with Crippen LogP contribution in [0.2, 0.25) is 0 Å². The van der Waals surface area contributed by atoms with E-state index >= 15 is 0 Å². The number of rotatable bonds is 11. The van der Waals surface area contributed by atoms with Crippen molar-refractivity contribution < 1.29 is 22.7 Å². The van der Waals surface area contributed by atoms with E-state index in [0.29, 0.717) is 16.6 Å². The van der Waals surface area contributed by atoms with Crippen molar-refractivity contribution in [3.05, 3.63) is 99.0 Å². The van der Waals surface area contributed by atoms with Gasteiger partial charge in [-0.3, -0.25) is 4.79 Å². The van der Waals surface area contributed by atoms with Crippen molar-refractivity contribution >= 4 is 21.8 Å². The van der Waals surface area contributed by atoms with E-state index in [1.54, 1.807) is 24.3 Å². The minimum Gasteiger partial charge on any atom is -0.405 e. The number of amides is 1. The molecule has 1 atom stereocenters. The van der Waals surface area contributed by atoms with E-state index in [0.717, 1.165) is 17.5 Å². The number of nitrogens with two attached hydrogens (primary N) is 1. The van der Waals surface area contributed by atoms with Gasteiger partial charge in [0.1, 0.15) is 5.75 Å². The zero-order chi connectivity index (χ0) is 26.1. The third kappa shape index (κ3) is 8.38. The second kappa shape index (κ2) is 12.9. The maximum absolute atomic E-state index is 12.7. The molecule has 0 aromatic heterocycles. The quantitative estimate of drug-likeness (QED) is 0.242. The number of carbonyl (C=O) groups is 1. The molecular formula is C28H30BrF3N2O2. The van der Waals surface area contributed by atoms with E-state index < -0.39 is 12.4 Å². The molecule has 0 bridgehead atoms. The summed E-state index contributed by atoms with van der Waals surface area (Å²) in [4.78, 5) is 12.7. The molecule has 3 N–H and O–H groups in total. The summed E-state index contributed by atoms with van der Waals surface area (Å²) in [5, 5.41) is 2.92. The Morgan fingerprint density at radius 1 is 1.03 bits per heavy atom. The zero-order valence-corrected chi connectivity index (χ0v) is 21.7. The van der Waals surface area contributed by atoms with Gasteiger partial charge in [0.05, 0.1) is 0 Å². The maximum Gasteiger partial charge on any atom is 0.573 e.